The Labute approximate surface area is 155 Å². The van der Waals surface area contributed by atoms with Crippen molar-refractivity contribution in [1.29, 1.82) is 0 Å². The molecule has 0 atom stereocenters. The maximum absolute atomic E-state index is 13.5. The Morgan fingerprint density at radius 1 is 1.26 bits per heavy atom. The number of alkyl halides is 3. The molecule has 0 aliphatic rings. The number of phenols is 1. The highest BCUT2D eigenvalue weighted by Crippen LogP contribution is 2.41. The second-order valence-electron chi connectivity index (χ2n) is 5.82. The molecule has 0 fully saturated rings. The molecule has 5 N–H and O–H groups in total. The molecule has 0 unspecified atom stereocenters. The van der Waals surface area contributed by atoms with E-state index in [-0.39, 0.29) is 33.5 Å². The molecule has 0 radical (unpaired) electrons. The first kappa shape index (κ1) is 18.8. The number of aromatic hydroxyl groups is 1. The van der Waals surface area contributed by atoms with Gasteiger partial charge in [0.15, 0.2) is 11.3 Å². The lowest BCUT2D eigenvalue weighted by Gasteiger charge is -2.14. The number of amides is 1. The SMILES string of the molecule is Cc1nc(C(F)(F)F)c2c(C(N)=O)c(N)n(-c3c(Cl)ccc(O)c3C)c2n1. The lowest BCUT2D eigenvalue weighted by Crippen LogP contribution is -2.16. The number of hydrogen-bond acceptors (Lipinski definition) is 5. The van der Waals surface area contributed by atoms with Gasteiger partial charge in [-0.15, -0.1) is 0 Å². The largest absolute Gasteiger partial charge is 0.508 e. The second-order valence-corrected chi connectivity index (χ2v) is 6.22. The first-order valence-corrected chi connectivity index (χ1v) is 7.86. The molecule has 0 aliphatic heterocycles. The zero-order valence-electron chi connectivity index (χ0n) is 14.0. The number of fused-ring (bicyclic) bond motifs is 1. The summed E-state index contributed by atoms with van der Waals surface area (Å²) in [5, 5.41) is 9.44. The van der Waals surface area contributed by atoms with Gasteiger partial charge in [0.25, 0.3) is 5.91 Å². The van der Waals surface area contributed by atoms with Crippen LogP contribution in [-0.4, -0.2) is 25.5 Å². The van der Waals surface area contributed by atoms with Gasteiger partial charge in [0.2, 0.25) is 0 Å². The molecule has 27 heavy (non-hydrogen) atoms. The van der Waals surface area contributed by atoms with Crippen LogP contribution in [0, 0.1) is 13.8 Å². The molecular formula is C16H13ClF3N5O2. The van der Waals surface area contributed by atoms with E-state index in [1.807, 2.05) is 0 Å². The number of rotatable bonds is 2. The molecule has 0 saturated heterocycles. The van der Waals surface area contributed by atoms with Gasteiger partial charge < -0.3 is 16.6 Å². The van der Waals surface area contributed by atoms with Crippen LogP contribution >= 0.6 is 11.6 Å². The zero-order valence-corrected chi connectivity index (χ0v) is 14.8. The molecule has 1 aromatic carbocycles. The van der Waals surface area contributed by atoms with E-state index in [9.17, 15) is 23.1 Å². The molecular weight excluding hydrogens is 387 g/mol. The van der Waals surface area contributed by atoms with Crippen molar-refractivity contribution >= 4 is 34.4 Å². The zero-order chi connectivity index (χ0) is 20.3. The number of halogens is 4. The van der Waals surface area contributed by atoms with Gasteiger partial charge in [0, 0.05) is 5.56 Å². The van der Waals surface area contributed by atoms with Crippen LogP contribution in [0.25, 0.3) is 16.7 Å². The molecule has 0 spiro atoms. The lowest BCUT2D eigenvalue weighted by atomic mass is 10.1. The van der Waals surface area contributed by atoms with Crippen molar-refractivity contribution in [2.75, 3.05) is 5.73 Å². The molecule has 0 aliphatic carbocycles. The molecule has 1 amide bonds. The van der Waals surface area contributed by atoms with Gasteiger partial charge in [0.1, 0.15) is 17.4 Å². The number of nitrogens with two attached hydrogens (primary N) is 2. The lowest BCUT2D eigenvalue weighted by molar-refractivity contribution is -0.139. The molecule has 2 heterocycles. The van der Waals surface area contributed by atoms with Gasteiger partial charge in [-0.05, 0) is 26.0 Å². The van der Waals surface area contributed by atoms with Crippen LogP contribution in [0.2, 0.25) is 5.02 Å². The number of carbonyl (C=O) groups excluding carboxylic acids is 1. The second kappa shape index (κ2) is 6.02. The average Bonchev–Trinajstić information content (AvgIpc) is 2.82. The standard InChI is InChI=1S/C16H13ClF3N5O2/c1-5-8(26)4-3-7(17)11(5)25-13(21)10(14(22)27)9-12(16(18,19)20)23-6(2)24-15(9)25/h3-4,26H,21H2,1-2H3,(H2,22,27). The normalized spacial score (nSPS) is 11.9. The van der Waals surface area contributed by atoms with E-state index in [0.29, 0.717) is 0 Å². The van der Waals surface area contributed by atoms with Gasteiger partial charge in [-0.3, -0.25) is 9.36 Å². The summed E-state index contributed by atoms with van der Waals surface area (Å²) in [6.07, 6.45) is -4.88. The topological polar surface area (TPSA) is 120 Å². The highest BCUT2D eigenvalue weighted by atomic mass is 35.5. The van der Waals surface area contributed by atoms with Gasteiger partial charge in [-0.25, -0.2) is 9.97 Å². The average molecular weight is 400 g/mol. The number of primary amides is 1. The predicted molar refractivity (Wildman–Crippen MR) is 92.9 cm³/mol. The fourth-order valence-electron chi connectivity index (χ4n) is 2.92. The number of benzene rings is 1. The summed E-state index contributed by atoms with van der Waals surface area (Å²) in [7, 11) is 0. The number of nitrogen functional groups attached to an aromatic ring is 1. The Bertz CT molecular complexity index is 1110. The third-order valence-corrected chi connectivity index (χ3v) is 4.36. The Kier molecular flexibility index (Phi) is 4.18. The van der Waals surface area contributed by atoms with E-state index < -0.39 is 34.5 Å². The van der Waals surface area contributed by atoms with Crippen LogP contribution in [0.5, 0.6) is 5.75 Å². The van der Waals surface area contributed by atoms with E-state index in [2.05, 4.69) is 9.97 Å². The van der Waals surface area contributed by atoms with E-state index in [1.165, 1.54) is 26.0 Å². The molecule has 142 valence electrons. The van der Waals surface area contributed by atoms with E-state index in [0.717, 1.165) is 4.57 Å². The van der Waals surface area contributed by atoms with Gasteiger partial charge >= 0.3 is 6.18 Å². The smallest absolute Gasteiger partial charge is 0.434 e. The van der Waals surface area contributed by atoms with Crippen LogP contribution in [-0.2, 0) is 6.18 Å². The Balaban J connectivity index is 2.62. The van der Waals surface area contributed by atoms with Crippen LogP contribution in [0.4, 0.5) is 19.0 Å². The van der Waals surface area contributed by atoms with Crippen molar-refractivity contribution in [2.45, 2.75) is 20.0 Å². The molecule has 0 saturated carbocycles. The summed E-state index contributed by atoms with van der Waals surface area (Å²) >= 11 is 6.20. The molecule has 0 bridgehead atoms. The van der Waals surface area contributed by atoms with E-state index in [1.54, 1.807) is 0 Å². The van der Waals surface area contributed by atoms with Crippen molar-refractivity contribution in [2.24, 2.45) is 5.73 Å². The minimum absolute atomic E-state index is 0.0785. The third-order valence-electron chi connectivity index (χ3n) is 4.05. The summed E-state index contributed by atoms with van der Waals surface area (Å²) in [6, 6.07) is 2.66. The highest BCUT2D eigenvalue weighted by molar-refractivity contribution is 6.33. The van der Waals surface area contributed by atoms with Crippen molar-refractivity contribution in [3.63, 3.8) is 0 Å². The highest BCUT2D eigenvalue weighted by Gasteiger charge is 2.39. The quantitative estimate of drug-likeness (QED) is 0.611. The maximum atomic E-state index is 13.5. The molecule has 11 heteroatoms. The molecule has 7 nitrogen and oxygen atoms in total. The number of hydrogen-bond donors (Lipinski definition) is 3. The summed E-state index contributed by atoms with van der Waals surface area (Å²) in [5.74, 6) is -1.93. The van der Waals surface area contributed by atoms with E-state index in [4.69, 9.17) is 23.1 Å². The van der Waals surface area contributed by atoms with Crippen molar-refractivity contribution in [3.8, 4) is 11.4 Å². The van der Waals surface area contributed by atoms with Crippen molar-refractivity contribution in [3.05, 3.63) is 39.8 Å². The van der Waals surface area contributed by atoms with Crippen LogP contribution in [0.15, 0.2) is 12.1 Å². The first-order valence-electron chi connectivity index (χ1n) is 7.49. The first-order chi connectivity index (χ1) is 12.4. The number of aromatic nitrogens is 3. The van der Waals surface area contributed by atoms with E-state index >= 15 is 0 Å². The summed E-state index contributed by atoms with van der Waals surface area (Å²) < 4.78 is 41.7. The Morgan fingerprint density at radius 3 is 2.44 bits per heavy atom. The fraction of sp³-hybridized carbons (Fsp3) is 0.188. The molecule has 2 aromatic heterocycles. The number of nitrogens with zero attached hydrogens (tertiary/aromatic N) is 3. The minimum atomic E-state index is -4.88. The number of phenolic OH excluding ortho intramolecular Hbond substituents is 1. The third kappa shape index (κ3) is 2.81. The van der Waals surface area contributed by atoms with Gasteiger partial charge in [-0.1, -0.05) is 11.6 Å². The van der Waals surface area contributed by atoms with Gasteiger partial charge in [0.05, 0.1) is 21.7 Å². The van der Waals surface area contributed by atoms with Crippen LogP contribution < -0.4 is 11.5 Å². The number of anilines is 1. The van der Waals surface area contributed by atoms with Gasteiger partial charge in [-0.2, -0.15) is 13.2 Å². The number of carbonyl (C=O) groups is 1. The predicted octanol–water partition coefficient (Wildman–Crippen LogP) is 3.10. The van der Waals surface area contributed by atoms with Crippen LogP contribution in [0.3, 0.4) is 0 Å². The summed E-state index contributed by atoms with van der Waals surface area (Å²) in [5.41, 5.74) is 9.38. The fourth-order valence-corrected chi connectivity index (χ4v) is 3.20. The summed E-state index contributed by atoms with van der Waals surface area (Å²) in [4.78, 5) is 19.4. The molecule has 3 rings (SSSR count). The van der Waals surface area contributed by atoms with Crippen molar-refractivity contribution < 1.29 is 23.1 Å². The Morgan fingerprint density at radius 2 is 1.89 bits per heavy atom. The number of aryl methyl sites for hydroxylation is 1. The maximum Gasteiger partial charge on any atom is 0.434 e. The monoisotopic (exact) mass is 399 g/mol. The Hall–Kier alpha value is -3.01. The minimum Gasteiger partial charge on any atom is -0.508 e. The summed E-state index contributed by atoms with van der Waals surface area (Å²) in [6.45, 7) is 2.76. The molecule has 3 aromatic rings. The van der Waals surface area contributed by atoms with Crippen molar-refractivity contribution in [1.82, 2.24) is 14.5 Å². The van der Waals surface area contributed by atoms with Crippen LogP contribution in [0.1, 0.15) is 27.4 Å².